The molecule has 1 N–H and O–H groups in total. The van der Waals surface area contributed by atoms with Crippen LogP contribution in [0.4, 0.5) is 5.69 Å². The molecule has 0 aliphatic carbocycles. The summed E-state index contributed by atoms with van der Waals surface area (Å²) in [5, 5.41) is 2.74. The van der Waals surface area contributed by atoms with Gasteiger partial charge in [-0.05, 0) is 57.2 Å². The van der Waals surface area contributed by atoms with Gasteiger partial charge in [-0.3, -0.25) is 4.79 Å². The number of hydrogen-bond donors (Lipinski definition) is 1. The summed E-state index contributed by atoms with van der Waals surface area (Å²) in [5.41, 5.74) is 0.784. The van der Waals surface area contributed by atoms with Crippen LogP contribution in [-0.2, 0) is 14.8 Å². The highest BCUT2D eigenvalue weighted by Gasteiger charge is 2.32. The lowest BCUT2D eigenvalue weighted by atomic mass is 10.2. The van der Waals surface area contributed by atoms with Gasteiger partial charge in [0.2, 0.25) is 15.9 Å². The Bertz CT molecular complexity index is 952. The fourth-order valence-corrected chi connectivity index (χ4v) is 4.79. The maximum atomic E-state index is 12.9. The lowest BCUT2D eigenvalue weighted by Crippen LogP contribution is -2.48. The third-order valence-electron chi connectivity index (χ3n) is 4.43. The van der Waals surface area contributed by atoms with E-state index in [0.29, 0.717) is 30.9 Å². The van der Waals surface area contributed by atoms with Gasteiger partial charge >= 0.3 is 0 Å². The molecular weight excluding hydrogens is 394 g/mol. The van der Waals surface area contributed by atoms with Crippen LogP contribution in [0.1, 0.15) is 31.1 Å². The summed E-state index contributed by atoms with van der Waals surface area (Å²) < 4.78 is 38.2. The Morgan fingerprint density at radius 3 is 2.48 bits per heavy atom. The number of rotatable bonds is 6. The van der Waals surface area contributed by atoms with Crippen molar-refractivity contribution in [3.63, 3.8) is 0 Å². The third kappa shape index (κ3) is 4.92. The molecule has 1 aromatic heterocycles. The molecule has 8 nitrogen and oxygen atoms in total. The minimum Gasteiger partial charge on any atom is -0.477 e. The van der Waals surface area contributed by atoms with Crippen molar-refractivity contribution >= 4 is 21.6 Å². The molecule has 2 unspecified atom stereocenters. The first-order valence-corrected chi connectivity index (χ1v) is 10.9. The van der Waals surface area contributed by atoms with E-state index in [0.717, 1.165) is 0 Å². The fourth-order valence-electron chi connectivity index (χ4n) is 3.20. The zero-order chi connectivity index (χ0) is 21.0. The maximum Gasteiger partial charge on any atom is 0.261 e. The van der Waals surface area contributed by atoms with E-state index < -0.39 is 10.0 Å². The van der Waals surface area contributed by atoms with Gasteiger partial charge in [-0.15, -0.1) is 0 Å². The summed E-state index contributed by atoms with van der Waals surface area (Å²) in [6.07, 6.45) is 1.23. The molecule has 0 spiro atoms. The number of anilines is 1. The highest BCUT2D eigenvalue weighted by atomic mass is 32.2. The predicted octanol–water partition coefficient (Wildman–Crippen LogP) is 2.53. The summed E-state index contributed by atoms with van der Waals surface area (Å²) in [6, 6.07) is 9.37. The van der Waals surface area contributed by atoms with Gasteiger partial charge in [0.05, 0.1) is 23.7 Å². The van der Waals surface area contributed by atoms with Crippen molar-refractivity contribution in [3.8, 4) is 5.88 Å². The van der Waals surface area contributed by atoms with Crippen LogP contribution in [0.3, 0.4) is 0 Å². The Labute approximate surface area is 170 Å². The van der Waals surface area contributed by atoms with E-state index in [1.54, 1.807) is 30.5 Å². The molecule has 0 saturated carbocycles. The predicted molar refractivity (Wildman–Crippen MR) is 109 cm³/mol. The molecule has 29 heavy (non-hydrogen) atoms. The van der Waals surface area contributed by atoms with Crippen LogP contribution >= 0.6 is 0 Å². The monoisotopic (exact) mass is 419 g/mol. The average Bonchev–Trinajstić information content (AvgIpc) is 2.68. The number of carbonyl (C=O) groups excluding carboxylic acids is 1. The molecule has 2 aromatic rings. The van der Waals surface area contributed by atoms with E-state index >= 15 is 0 Å². The Morgan fingerprint density at radius 1 is 1.21 bits per heavy atom. The molecule has 156 valence electrons. The van der Waals surface area contributed by atoms with E-state index in [4.69, 9.17) is 9.47 Å². The molecule has 1 fully saturated rings. The van der Waals surface area contributed by atoms with Crippen molar-refractivity contribution in [3.05, 3.63) is 48.2 Å². The number of ether oxygens (including phenoxy) is 2. The lowest BCUT2D eigenvalue weighted by Gasteiger charge is -2.34. The smallest absolute Gasteiger partial charge is 0.261 e. The van der Waals surface area contributed by atoms with Gasteiger partial charge in [-0.2, -0.15) is 4.31 Å². The van der Waals surface area contributed by atoms with Crippen LogP contribution in [0.2, 0.25) is 0 Å². The number of hydrogen-bond acceptors (Lipinski definition) is 6. The summed E-state index contributed by atoms with van der Waals surface area (Å²) in [4.78, 5) is 16.8. The maximum absolute atomic E-state index is 12.9. The number of pyridine rings is 1. The second-order valence-electron chi connectivity index (χ2n) is 6.85. The van der Waals surface area contributed by atoms with Crippen molar-refractivity contribution < 1.29 is 22.7 Å². The van der Waals surface area contributed by atoms with Crippen LogP contribution in [-0.4, -0.2) is 55.5 Å². The van der Waals surface area contributed by atoms with Gasteiger partial charge in [0, 0.05) is 25.0 Å². The standard InChI is InChI=1S/C20H25N3O5S/c1-4-27-20-18(6-5-11-21-20)19(24)22-16-7-9-17(10-8-16)29(25,26)23-12-14(2)28-15(3)13-23/h5-11,14-15H,4,12-13H2,1-3H3,(H,22,24). The number of morpholine rings is 1. The Hall–Kier alpha value is -2.49. The summed E-state index contributed by atoms with van der Waals surface area (Å²) >= 11 is 0. The van der Waals surface area contributed by atoms with E-state index in [9.17, 15) is 13.2 Å². The molecule has 2 atom stereocenters. The van der Waals surface area contributed by atoms with Crippen molar-refractivity contribution in [2.75, 3.05) is 25.0 Å². The van der Waals surface area contributed by atoms with Crippen molar-refractivity contribution in [2.45, 2.75) is 37.9 Å². The highest BCUT2D eigenvalue weighted by molar-refractivity contribution is 7.89. The van der Waals surface area contributed by atoms with Crippen molar-refractivity contribution in [1.29, 1.82) is 0 Å². The van der Waals surface area contributed by atoms with Gasteiger partial charge in [0.1, 0.15) is 5.56 Å². The molecule has 1 aliphatic rings. The van der Waals surface area contributed by atoms with Crippen LogP contribution in [0.5, 0.6) is 5.88 Å². The minimum atomic E-state index is -3.63. The summed E-state index contributed by atoms with van der Waals surface area (Å²) in [6.45, 7) is 6.53. The first-order chi connectivity index (χ1) is 13.8. The first kappa shape index (κ1) is 21.2. The average molecular weight is 420 g/mol. The zero-order valence-electron chi connectivity index (χ0n) is 16.7. The first-order valence-electron chi connectivity index (χ1n) is 9.46. The second-order valence-corrected chi connectivity index (χ2v) is 8.78. The molecule has 0 radical (unpaired) electrons. The molecule has 9 heteroatoms. The molecule has 2 heterocycles. The topological polar surface area (TPSA) is 97.8 Å². The molecule has 1 aromatic carbocycles. The number of sulfonamides is 1. The van der Waals surface area contributed by atoms with Gasteiger partial charge in [0.15, 0.2) is 0 Å². The van der Waals surface area contributed by atoms with Crippen LogP contribution in [0, 0.1) is 0 Å². The Morgan fingerprint density at radius 2 is 1.86 bits per heavy atom. The van der Waals surface area contributed by atoms with Gasteiger partial charge in [-0.1, -0.05) is 0 Å². The van der Waals surface area contributed by atoms with Crippen molar-refractivity contribution in [1.82, 2.24) is 9.29 Å². The molecule has 3 rings (SSSR count). The molecule has 1 saturated heterocycles. The number of aromatic nitrogens is 1. The van der Waals surface area contributed by atoms with E-state index in [1.165, 1.54) is 16.4 Å². The Kier molecular flexibility index (Phi) is 6.51. The van der Waals surface area contributed by atoms with Gasteiger partial charge in [0.25, 0.3) is 5.91 Å². The number of benzene rings is 1. The third-order valence-corrected chi connectivity index (χ3v) is 6.28. The van der Waals surface area contributed by atoms with Crippen molar-refractivity contribution in [2.24, 2.45) is 0 Å². The van der Waals surface area contributed by atoms with Gasteiger partial charge in [-0.25, -0.2) is 13.4 Å². The Balaban J connectivity index is 1.74. The lowest BCUT2D eigenvalue weighted by molar-refractivity contribution is -0.0440. The zero-order valence-corrected chi connectivity index (χ0v) is 17.5. The minimum absolute atomic E-state index is 0.161. The van der Waals surface area contributed by atoms with Crippen LogP contribution in [0.25, 0.3) is 0 Å². The summed E-state index contributed by atoms with van der Waals surface area (Å²) in [7, 11) is -3.63. The van der Waals surface area contributed by atoms with E-state index in [2.05, 4.69) is 10.3 Å². The largest absolute Gasteiger partial charge is 0.477 e. The number of amides is 1. The van der Waals surface area contributed by atoms with Crippen LogP contribution < -0.4 is 10.1 Å². The SMILES string of the molecule is CCOc1ncccc1C(=O)Nc1ccc(S(=O)(=O)N2CC(C)OC(C)C2)cc1. The highest BCUT2D eigenvalue weighted by Crippen LogP contribution is 2.23. The second kappa shape index (κ2) is 8.89. The molecule has 1 amide bonds. The van der Waals surface area contributed by atoms with E-state index in [-0.39, 0.29) is 28.9 Å². The molecule has 1 aliphatic heterocycles. The summed E-state index contributed by atoms with van der Waals surface area (Å²) in [5.74, 6) is -0.129. The normalized spacial score (nSPS) is 20.2. The number of carbonyl (C=O) groups is 1. The number of nitrogens with zero attached hydrogens (tertiary/aromatic N) is 2. The fraction of sp³-hybridized carbons (Fsp3) is 0.400. The van der Waals surface area contributed by atoms with E-state index in [1.807, 2.05) is 20.8 Å². The quantitative estimate of drug-likeness (QED) is 0.773. The molecule has 0 bridgehead atoms. The van der Waals surface area contributed by atoms with Crippen LogP contribution in [0.15, 0.2) is 47.5 Å². The number of nitrogens with one attached hydrogen (secondary N) is 1. The van der Waals surface area contributed by atoms with Gasteiger partial charge < -0.3 is 14.8 Å². The molecular formula is C20H25N3O5S.